The van der Waals surface area contributed by atoms with Crippen LogP contribution in [-0.4, -0.2) is 10.8 Å². The summed E-state index contributed by atoms with van der Waals surface area (Å²) in [6, 6.07) is 10.2. The number of hydrogen-bond acceptors (Lipinski definition) is 2. The average Bonchev–Trinajstić information content (AvgIpc) is 2.75. The van der Waals surface area contributed by atoms with Crippen LogP contribution in [-0.2, 0) is 0 Å². The van der Waals surface area contributed by atoms with E-state index in [1.54, 1.807) is 0 Å². The Hall–Kier alpha value is -1.13. The van der Waals surface area contributed by atoms with Crippen molar-refractivity contribution in [1.82, 2.24) is 10.7 Å². The maximum Gasteiger partial charge on any atom is 0.189 e. The topological polar surface area (TPSA) is 27.3 Å². The molecule has 1 fully saturated rings. The van der Waals surface area contributed by atoms with E-state index in [9.17, 15) is 0 Å². The molecule has 1 aromatic rings. The van der Waals surface area contributed by atoms with Gasteiger partial charge in [0.15, 0.2) is 5.11 Å². The first-order chi connectivity index (χ1) is 8.71. The molecule has 0 unspecified atom stereocenters. The monoisotopic (exact) mass is 263 g/mol. The minimum atomic E-state index is -0.0804. The molecule has 18 heavy (non-hydrogen) atoms. The number of nitrogens with zero attached hydrogens (tertiary/aromatic N) is 1. The van der Waals surface area contributed by atoms with E-state index in [0.29, 0.717) is 0 Å². The molecule has 1 aliphatic rings. The highest BCUT2D eigenvalue weighted by Gasteiger charge is 2.38. The summed E-state index contributed by atoms with van der Waals surface area (Å²) in [6.45, 7) is 4.40. The molecule has 0 spiro atoms. The predicted octanol–water partition coefficient (Wildman–Crippen LogP) is 3.18. The van der Waals surface area contributed by atoms with Crippen LogP contribution in [0.1, 0.15) is 39.5 Å². The molecule has 0 saturated carbocycles. The van der Waals surface area contributed by atoms with E-state index < -0.39 is 0 Å². The fraction of sp³-hybridized carbons (Fsp3) is 0.500. The standard InChI is InChI=1S/C14H21N3S/c1-3-5-11-14(4-2)15-13(18)17(16-14)12-9-7-6-8-10-12/h6-10,16H,3-5,11H2,1-2H3,(H,15,18)/t14-/m0/s1. The first-order valence-electron chi connectivity index (χ1n) is 6.66. The average molecular weight is 263 g/mol. The second kappa shape index (κ2) is 5.67. The molecule has 0 radical (unpaired) electrons. The molecule has 0 amide bonds. The molecule has 1 aliphatic heterocycles. The van der Waals surface area contributed by atoms with Gasteiger partial charge >= 0.3 is 0 Å². The van der Waals surface area contributed by atoms with Crippen LogP contribution < -0.4 is 15.8 Å². The van der Waals surface area contributed by atoms with Crippen LogP contribution in [0, 0.1) is 0 Å². The maximum absolute atomic E-state index is 5.44. The smallest absolute Gasteiger partial charge is 0.189 e. The van der Waals surface area contributed by atoms with E-state index in [1.165, 1.54) is 12.8 Å². The summed E-state index contributed by atoms with van der Waals surface area (Å²) in [4.78, 5) is 0. The minimum absolute atomic E-state index is 0.0804. The van der Waals surface area contributed by atoms with Crippen molar-refractivity contribution < 1.29 is 0 Å². The van der Waals surface area contributed by atoms with Gasteiger partial charge in [-0.3, -0.25) is 5.01 Å². The van der Waals surface area contributed by atoms with Gasteiger partial charge in [-0.25, -0.2) is 5.43 Å². The van der Waals surface area contributed by atoms with Gasteiger partial charge in [0.05, 0.1) is 5.69 Å². The molecular weight excluding hydrogens is 242 g/mol. The maximum atomic E-state index is 5.44. The number of unbranched alkanes of at least 4 members (excludes halogenated alkanes) is 1. The van der Waals surface area contributed by atoms with Crippen LogP contribution in [0.3, 0.4) is 0 Å². The van der Waals surface area contributed by atoms with Gasteiger partial charge in [-0.1, -0.05) is 38.5 Å². The SMILES string of the molecule is CCCC[C@@]1(CC)NC(=S)N(c2ccccc2)N1. The van der Waals surface area contributed by atoms with E-state index in [4.69, 9.17) is 12.2 Å². The van der Waals surface area contributed by atoms with Crippen LogP contribution in [0.4, 0.5) is 5.69 Å². The Labute approximate surface area is 115 Å². The summed E-state index contributed by atoms with van der Waals surface area (Å²) in [6.07, 6.45) is 4.49. The second-order valence-electron chi connectivity index (χ2n) is 4.75. The number of nitrogens with one attached hydrogen (secondary N) is 2. The summed E-state index contributed by atoms with van der Waals surface area (Å²) >= 11 is 5.44. The predicted molar refractivity (Wildman–Crippen MR) is 80.3 cm³/mol. The van der Waals surface area contributed by atoms with Crippen molar-refractivity contribution in [3.8, 4) is 0 Å². The molecule has 1 atom stereocenters. The second-order valence-corrected chi connectivity index (χ2v) is 5.14. The van der Waals surface area contributed by atoms with Gasteiger partial charge in [0.1, 0.15) is 5.66 Å². The molecule has 1 heterocycles. The zero-order chi connectivity index (χ0) is 13.0. The lowest BCUT2D eigenvalue weighted by Crippen LogP contribution is -2.50. The molecule has 1 saturated heterocycles. The third kappa shape index (κ3) is 2.65. The van der Waals surface area contributed by atoms with Crippen LogP contribution in [0.25, 0.3) is 0 Å². The highest BCUT2D eigenvalue weighted by Crippen LogP contribution is 2.25. The highest BCUT2D eigenvalue weighted by atomic mass is 32.1. The van der Waals surface area contributed by atoms with Gasteiger partial charge in [-0.05, 0) is 43.6 Å². The normalized spacial score (nSPS) is 23.2. The Kier molecular flexibility index (Phi) is 4.19. The van der Waals surface area contributed by atoms with Crippen LogP contribution >= 0.6 is 12.2 Å². The quantitative estimate of drug-likeness (QED) is 0.798. The zero-order valence-electron chi connectivity index (χ0n) is 11.1. The lowest BCUT2D eigenvalue weighted by atomic mass is 10.0. The van der Waals surface area contributed by atoms with Crippen LogP contribution in [0.5, 0.6) is 0 Å². The van der Waals surface area contributed by atoms with Crippen molar-refractivity contribution in [1.29, 1.82) is 0 Å². The van der Waals surface area contributed by atoms with Crippen LogP contribution in [0.15, 0.2) is 30.3 Å². The van der Waals surface area contributed by atoms with E-state index in [-0.39, 0.29) is 5.66 Å². The summed E-state index contributed by atoms with van der Waals surface area (Å²) in [5.74, 6) is 0. The molecule has 0 bridgehead atoms. The Morgan fingerprint density at radius 2 is 1.94 bits per heavy atom. The molecule has 98 valence electrons. The third-order valence-corrected chi connectivity index (χ3v) is 3.73. The van der Waals surface area contributed by atoms with Gasteiger partial charge in [0.25, 0.3) is 0 Å². The van der Waals surface area contributed by atoms with E-state index >= 15 is 0 Å². The lowest BCUT2D eigenvalue weighted by molar-refractivity contribution is 0.294. The Balaban J connectivity index is 2.14. The number of hydrogen-bond donors (Lipinski definition) is 2. The van der Waals surface area contributed by atoms with Gasteiger partial charge in [-0.2, -0.15) is 0 Å². The fourth-order valence-electron chi connectivity index (χ4n) is 2.25. The number of thiocarbonyl (C=S) groups is 1. The van der Waals surface area contributed by atoms with E-state index in [0.717, 1.165) is 23.6 Å². The first-order valence-corrected chi connectivity index (χ1v) is 7.07. The number of rotatable bonds is 5. The molecule has 0 aliphatic carbocycles. The molecule has 3 nitrogen and oxygen atoms in total. The molecule has 2 N–H and O–H groups in total. The summed E-state index contributed by atoms with van der Waals surface area (Å²) in [5, 5.41) is 6.19. The Morgan fingerprint density at radius 1 is 1.22 bits per heavy atom. The molecular formula is C14H21N3S. The number of anilines is 1. The zero-order valence-corrected chi connectivity index (χ0v) is 11.9. The molecule has 1 aromatic carbocycles. The summed E-state index contributed by atoms with van der Waals surface area (Å²) in [7, 11) is 0. The number of benzene rings is 1. The minimum Gasteiger partial charge on any atom is -0.342 e. The van der Waals surface area contributed by atoms with Crippen molar-refractivity contribution in [2.45, 2.75) is 45.2 Å². The van der Waals surface area contributed by atoms with Gasteiger partial charge in [-0.15, -0.1) is 0 Å². The van der Waals surface area contributed by atoms with Gasteiger partial charge < -0.3 is 5.32 Å². The highest BCUT2D eigenvalue weighted by molar-refractivity contribution is 7.80. The number of para-hydroxylation sites is 1. The first kappa shape index (κ1) is 13.3. The van der Waals surface area contributed by atoms with Crippen molar-refractivity contribution in [3.05, 3.63) is 30.3 Å². The molecule has 4 heteroatoms. The fourth-order valence-corrected chi connectivity index (χ4v) is 2.60. The molecule has 0 aromatic heterocycles. The van der Waals surface area contributed by atoms with Crippen LogP contribution in [0.2, 0.25) is 0 Å². The number of hydrazine groups is 1. The summed E-state index contributed by atoms with van der Waals surface area (Å²) in [5.41, 5.74) is 4.54. The van der Waals surface area contributed by atoms with Gasteiger partial charge in [0, 0.05) is 0 Å². The van der Waals surface area contributed by atoms with Gasteiger partial charge in [0.2, 0.25) is 0 Å². The largest absolute Gasteiger partial charge is 0.342 e. The molecule has 2 rings (SSSR count). The lowest BCUT2D eigenvalue weighted by Gasteiger charge is -2.28. The van der Waals surface area contributed by atoms with Crippen molar-refractivity contribution in [2.24, 2.45) is 0 Å². The van der Waals surface area contributed by atoms with Crippen molar-refractivity contribution in [2.75, 3.05) is 5.01 Å². The van der Waals surface area contributed by atoms with E-state index in [1.807, 2.05) is 23.2 Å². The van der Waals surface area contributed by atoms with Crippen molar-refractivity contribution >= 4 is 23.0 Å². The summed E-state index contributed by atoms with van der Waals surface area (Å²) < 4.78 is 0. The Bertz CT molecular complexity index is 407. The third-order valence-electron chi connectivity index (χ3n) is 3.45. The van der Waals surface area contributed by atoms with Crippen molar-refractivity contribution in [3.63, 3.8) is 0 Å². The van der Waals surface area contributed by atoms with E-state index in [2.05, 4.69) is 36.7 Å². The Morgan fingerprint density at radius 3 is 2.56 bits per heavy atom.